The normalized spacial score (nSPS) is 38.0. The average Bonchev–Trinajstić information content (AvgIpc) is 2.61. The number of hydrogen-bond acceptors (Lipinski definition) is 2. The molecule has 1 N–H and O–H groups in total. The highest BCUT2D eigenvalue weighted by Gasteiger charge is 2.40. The lowest BCUT2D eigenvalue weighted by Crippen LogP contribution is -2.58. The van der Waals surface area contributed by atoms with Crippen molar-refractivity contribution in [2.24, 2.45) is 11.8 Å². The SMILES string of the molecule is CC1CC1C(C)N(C)C1CNC1. The Morgan fingerprint density at radius 2 is 2.00 bits per heavy atom. The van der Waals surface area contributed by atoms with Gasteiger partial charge in [-0.3, -0.25) is 4.90 Å². The van der Waals surface area contributed by atoms with Gasteiger partial charge < -0.3 is 5.32 Å². The van der Waals surface area contributed by atoms with Crippen LogP contribution in [0.5, 0.6) is 0 Å². The third-order valence-electron chi connectivity index (χ3n) is 3.77. The van der Waals surface area contributed by atoms with E-state index in [2.05, 4.69) is 31.1 Å². The van der Waals surface area contributed by atoms with Gasteiger partial charge in [0.15, 0.2) is 0 Å². The Bertz CT molecular complexity index is 156. The summed E-state index contributed by atoms with van der Waals surface area (Å²) in [4.78, 5) is 2.56. The molecule has 0 spiro atoms. The van der Waals surface area contributed by atoms with Crippen molar-refractivity contribution >= 4 is 0 Å². The van der Waals surface area contributed by atoms with Crippen molar-refractivity contribution in [2.45, 2.75) is 32.4 Å². The van der Waals surface area contributed by atoms with Crippen molar-refractivity contribution in [1.29, 1.82) is 0 Å². The van der Waals surface area contributed by atoms with Crippen LogP contribution in [0.15, 0.2) is 0 Å². The van der Waals surface area contributed by atoms with E-state index in [4.69, 9.17) is 0 Å². The van der Waals surface area contributed by atoms with Crippen molar-refractivity contribution in [3.8, 4) is 0 Å². The minimum absolute atomic E-state index is 0.798. The molecular weight excluding hydrogens is 148 g/mol. The molecule has 1 saturated heterocycles. The Morgan fingerprint density at radius 1 is 1.42 bits per heavy atom. The predicted octanol–water partition coefficient (Wildman–Crippen LogP) is 0.934. The minimum Gasteiger partial charge on any atom is -0.314 e. The number of nitrogens with one attached hydrogen (secondary N) is 1. The molecule has 2 rings (SSSR count). The van der Waals surface area contributed by atoms with Crippen molar-refractivity contribution in [3.63, 3.8) is 0 Å². The van der Waals surface area contributed by atoms with Crippen LogP contribution in [0.4, 0.5) is 0 Å². The van der Waals surface area contributed by atoms with Gasteiger partial charge in [-0.25, -0.2) is 0 Å². The van der Waals surface area contributed by atoms with E-state index in [9.17, 15) is 0 Å². The summed E-state index contributed by atoms with van der Waals surface area (Å²) in [6, 6.07) is 1.61. The molecule has 1 aliphatic carbocycles. The lowest BCUT2D eigenvalue weighted by molar-refractivity contribution is 0.121. The molecule has 3 unspecified atom stereocenters. The Balaban J connectivity index is 1.82. The monoisotopic (exact) mass is 168 g/mol. The minimum atomic E-state index is 0.798. The number of likely N-dealkylation sites (N-methyl/N-ethyl adjacent to an activating group) is 1. The van der Waals surface area contributed by atoms with E-state index in [-0.39, 0.29) is 0 Å². The van der Waals surface area contributed by atoms with Crippen LogP contribution < -0.4 is 5.32 Å². The van der Waals surface area contributed by atoms with E-state index >= 15 is 0 Å². The first-order valence-electron chi connectivity index (χ1n) is 5.13. The summed E-state index contributed by atoms with van der Waals surface area (Å²) >= 11 is 0. The van der Waals surface area contributed by atoms with Crippen molar-refractivity contribution in [1.82, 2.24) is 10.2 Å². The molecule has 2 heteroatoms. The third-order valence-corrected chi connectivity index (χ3v) is 3.77. The van der Waals surface area contributed by atoms with E-state index in [1.165, 1.54) is 19.5 Å². The highest BCUT2D eigenvalue weighted by molar-refractivity contribution is 4.94. The van der Waals surface area contributed by atoms with Crippen LogP contribution in [0.3, 0.4) is 0 Å². The molecule has 0 aromatic carbocycles. The number of hydrogen-bond donors (Lipinski definition) is 1. The van der Waals surface area contributed by atoms with Gasteiger partial charge in [-0.2, -0.15) is 0 Å². The molecule has 2 aliphatic rings. The Morgan fingerprint density at radius 3 is 2.33 bits per heavy atom. The fourth-order valence-corrected chi connectivity index (χ4v) is 2.22. The highest BCUT2D eigenvalue weighted by Crippen LogP contribution is 2.42. The maximum atomic E-state index is 3.33. The fourth-order valence-electron chi connectivity index (χ4n) is 2.22. The summed E-state index contributed by atoms with van der Waals surface area (Å²) in [6.07, 6.45) is 1.45. The van der Waals surface area contributed by atoms with Crippen LogP contribution in [-0.4, -0.2) is 37.1 Å². The van der Waals surface area contributed by atoms with Gasteiger partial charge in [0.2, 0.25) is 0 Å². The second kappa shape index (κ2) is 3.00. The van der Waals surface area contributed by atoms with Gasteiger partial charge in [-0.05, 0) is 32.2 Å². The summed E-state index contributed by atoms with van der Waals surface area (Å²) in [5, 5.41) is 3.33. The molecule has 0 amide bonds. The summed E-state index contributed by atoms with van der Waals surface area (Å²) in [6.45, 7) is 7.14. The highest BCUT2D eigenvalue weighted by atomic mass is 15.2. The molecule has 0 aromatic rings. The first kappa shape index (κ1) is 8.52. The zero-order chi connectivity index (χ0) is 8.72. The van der Waals surface area contributed by atoms with Gasteiger partial charge >= 0.3 is 0 Å². The molecule has 0 aromatic heterocycles. The number of rotatable bonds is 3. The van der Waals surface area contributed by atoms with Gasteiger partial charge in [0.1, 0.15) is 0 Å². The molecule has 3 atom stereocenters. The van der Waals surface area contributed by atoms with Crippen LogP contribution in [0.1, 0.15) is 20.3 Å². The van der Waals surface area contributed by atoms with Gasteiger partial charge in [0.25, 0.3) is 0 Å². The van der Waals surface area contributed by atoms with Crippen LogP contribution >= 0.6 is 0 Å². The van der Waals surface area contributed by atoms with E-state index in [0.29, 0.717) is 0 Å². The fraction of sp³-hybridized carbons (Fsp3) is 1.00. The van der Waals surface area contributed by atoms with Gasteiger partial charge in [-0.15, -0.1) is 0 Å². The van der Waals surface area contributed by atoms with Crippen molar-refractivity contribution in [3.05, 3.63) is 0 Å². The average molecular weight is 168 g/mol. The van der Waals surface area contributed by atoms with Gasteiger partial charge in [-0.1, -0.05) is 6.92 Å². The first-order valence-corrected chi connectivity index (χ1v) is 5.13. The first-order chi connectivity index (χ1) is 5.70. The molecule has 12 heavy (non-hydrogen) atoms. The summed E-state index contributed by atoms with van der Waals surface area (Å²) in [5.74, 6) is 1.96. The molecule has 2 nitrogen and oxygen atoms in total. The standard InChI is InChI=1S/C10H20N2/c1-7-4-10(7)8(2)12(3)9-5-11-6-9/h7-11H,4-6H2,1-3H3. The molecule has 1 saturated carbocycles. The lowest BCUT2D eigenvalue weighted by Gasteiger charge is -2.39. The molecule has 2 fully saturated rings. The van der Waals surface area contributed by atoms with Crippen molar-refractivity contribution < 1.29 is 0 Å². The second-order valence-corrected chi connectivity index (χ2v) is 4.59. The van der Waals surface area contributed by atoms with Crippen LogP contribution in [0, 0.1) is 11.8 Å². The van der Waals surface area contributed by atoms with E-state index in [0.717, 1.165) is 23.9 Å². The van der Waals surface area contributed by atoms with Crippen LogP contribution in [-0.2, 0) is 0 Å². The maximum Gasteiger partial charge on any atom is 0.0345 e. The zero-order valence-corrected chi connectivity index (χ0v) is 8.38. The Hall–Kier alpha value is -0.0800. The smallest absolute Gasteiger partial charge is 0.0345 e. The molecule has 1 aliphatic heterocycles. The maximum absolute atomic E-state index is 3.33. The van der Waals surface area contributed by atoms with Crippen LogP contribution in [0.25, 0.3) is 0 Å². The number of nitrogens with zero attached hydrogens (tertiary/aromatic N) is 1. The Labute approximate surface area is 75.3 Å². The largest absolute Gasteiger partial charge is 0.314 e. The molecule has 0 bridgehead atoms. The van der Waals surface area contributed by atoms with Crippen LogP contribution in [0.2, 0.25) is 0 Å². The van der Waals surface area contributed by atoms with Gasteiger partial charge in [0.05, 0.1) is 0 Å². The molecule has 70 valence electrons. The Kier molecular flexibility index (Phi) is 2.13. The lowest BCUT2D eigenvalue weighted by atomic mass is 10.1. The summed E-state index contributed by atoms with van der Waals surface area (Å²) in [5.41, 5.74) is 0. The second-order valence-electron chi connectivity index (χ2n) is 4.59. The summed E-state index contributed by atoms with van der Waals surface area (Å²) < 4.78 is 0. The van der Waals surface area contributed by atoms with E-state index < -0.39 is 0 Å². The quantitative estimate of drug-likeness (QED) is 0.674. The van der Waals surface area contributed by atoms with Crippen molar-refractivity contribution in [2.75, 3.05) is 20.1 Å². The predicted molar refractivity (Wildman–Crippen MR) is 51.2 cm³/mol. The third kappa shape index (κ3) is 1.38. The molecule has 1 heterocycles. The topological polar surface area (TPSA) is 15.3 Å². The molecule has 0 radical (unpaired) electrons. The summed E-state index contributed by atoms with van der Waals surface area (Å²) in [7, 11) is 2.28. The zero-order valence-electron chi connectivity index (χ0n) is 8.38. The van der Waals surface area contributed by atoms with E-state index in [1.54, 1.807) is 0 Å². The van der Waals surface area contributed by atoms with Gasteiger partial charge in [0, 0.05) is 25.2 Å². The molecular formula is C10H20N2. The van der Waals surface area contributed by atoms with E-state index in [1.807, 2.05) is 0 Å².